The Bertz CT molecular complexity index is 768. The highest BCUT2D eigenvalue weighted by molar-refractivity contribution is 5.80. The Kier molecular flexibility index (Phi) is 7.25. The van der Waals surface area contributed by atoms with Crippen LogP contribution in [0.5, 0.6) is 0 Å². The zero-order valence-electron chi connectivity index (χ0n) is 16.0. The number of ether oxygens (including phenoxy) is 1. The van der Waals surface area contributed by atoms with Crippen LogP contribution in [0.1, 0.15) is 18.6 Å². The summed E-state index contributed by atoms with van der Waals surface area (Å²) in [7, 11) is 1.72. The fraction of sp³-hybridized carbons (Fsp3) is 0.450. The molecule has 1 aromatic carbocycles. The van der Waals surface area contributed by atoms with Crippen LogP contribution in [0.2, 0.25) is 0 Å². The van der Waals surface area contributed by atoms with Crippen LogP contribution in [-0.2, 0) is 11.3 Å². The van der Waals surface area contributed by atoms with Crippen LogP contribution in [0.3, 0.4) is 0 Å². The van der Waals surface area contributed by atoms with Gasteiger partial charge in [-0.15, -0.1) is 0 Å². The third kappa shape index (κ3) is 5.69. The van der Waals surface area contributed by atoms with E-state index in [2.05, 4.69) is 15.6 Å². The standard InChI is InChI=1S/C20H26F2N4O2/c1-23-20(24-8-3-10-27-14-17-4-2-11-28-17)25-16-7-9-26(13-16)19-6-5-15(21)12-18(19)22/h2,4-6,11-12,16H,3,7-10,13-14H2,1H3,(H2,23,24,25). The summed E-state index contributed by atoms with van der Waals surface area (Å²) in [5.74, 6) is 0.428. The number of rotatable bonds is 8. The monoisotopic (exact) mass is 392 g/mol. The van der Waals surface area contributed by atoms with Crippen molar-refractivity contribution in [1.82, 2.24) is 10.6 Å². The molecule has 1 aliphatic rings. The summed E-state index contributed by atoms with van der Waals surface area (Å²) >= 11 is 0. The van der Waals surface area contributed by atoms with E-state index in [4.69, 9.17) is 9.15 Å². The molecule has 0 amide bonds. The van der Waals surface area contributed by atoms with E-state index in [1.807, 2.05) is 17.0 Å². The molecular formula is C20H26F2N4O2. The molecule has 1 saturated heterocycles. The minimum atomic E-state index is -0.562. The minimum absolute atomic E-state index is 0.144. The molecule has 0 aliphatic carbocycles. The highest BCUT2D eigenvalue weighted by atomic mass is 19.1. The van der Waals surface area contributed by atoms with Gasteiger partial charge in [-0.2, -0.15) is 0 Å². The van der Waals surface area contributed by atoms with Crippen LogP contribution in [-0.4, -0.2) is 45.3 Å². The number of guanidine groups is 1. The van der Waals surface area contributed by atoms with Gasteiger partial charge in [0, 0.05) is 45.4 Å². The lowest BCUT2D eigenvalue weighted by Gasteiger charge is -2.21. The van der Waals surface area contributed by atoms with E-state index >= 15 is 0 Å². The summed E-state index contributed by atoms with van der Waals surface area (Å²) in [5.41, 5.74) is 0.433. The summed E-state index contributed by atoms with van der Waals surface area (Å²) in [6.07, 6.45) is 3.31. The molecule has 0 spiro atoms. The Morgan fingerprint density at radius 3 is 3.00 bits per heavy atom. The van der Waals surface area contributed by atoms with Crippen molar-refractivity contribution in [2.45, 2.75) is 25.5 Å². The third-order valence-corrected chi connectivity index (χ3v) is 4.59. The predicted octanol–water partition coefficient (Wildman–Crippen LogP) is 2.91. The van der Waals surface area contributed by atoms with E-state index in [-0.39, 0.29) is 6.04 Å². The van der Waals surface area contributed by atoms with Crippen LogP contribution in [0.15, 0.2) is 46.0 Å². The van der Waals surface area contributed by atoms with Gasteiger partial charge in [-0.3, -0.25) is 4.99 Å². The lowest BCUT2D eigenvalue weighted by atomic mass is 10.2. The van der Waals surface area contributed by atoms with Gasteiger partial charge in [0.25, 0.3) is 0 Å². The molecule has 2 heterocycles. The fourth-order valence-electron chi connectivity index (χ4n) is 3.17. The second-order valence-electron chi connectivity index (χ2n) is 6.66. The van der Waals surface area contributed by atoms with Gasteiger partial charge in [0.15, 0.2) is 5.96 Å². The van der Waals surface area contributed by atoms with Crippen molar-refractivity contribution >= 4 is 11.6 Å². The number of anilines is 1. The Morgan fingerprint density at radius 1 is 1.36 bits per heavy atom. The maximum absolute atomic E-state index is 14.0. The molecule has 2 N–H and O–H groups in total. The third-order valence-electron chi connectivity index (χ3n) is 4.59. The van der Waals surface area contributed by atoms with E-state index in [0.29, 0.717) is 38.0 Å². The van der Waals surface area contributed by atoms with Gasteiger partial charge in [0.1, 0.15) is 24.0 Å². The molecule has 6 nitrogen and oxygen atoms in total. The average molecular weight is 392 g/mol. The van der Waals surface area contributed by atoms with Crippen LogP contribution < -0.4 is 15.5 Å². The molecule has 1 aliphatic heterocycles. The summed E-state index contributed by atoms with van der Waals surface area (Å²) in [5, 5.41) is 6.61. The number of benzene rings is 1. The Morgan fingerprint density at radius 2 is 2.25 bits per heavy atom. The zero-order valence-corrected chi connectivity index (χ0v) is 16.0. The first-order valence-electron chi connectivity index (χ1n) is 9.43. The predicted molar refractivity (Wildman–Crippen MR) is 104 cm³/mol. The molecule has 2 aromatic rings. The summed E-state index contributed by atoms with van der Waals surface area (Å²) < 4.78 is 37.8. The van der Waals surface area contributed by atoms with Crippen molar-refractivity contribution in [3.05, 3.63) is 54.0 Å². The Labute approximate surface area is 163 Å². The highest BCUT2D eigenvalue weighted by Crippen LogP contribution is 2.24. The first-order valence-corrected chi connectivity index (χ1v) is 9.43. The van der Waals surface area contributed by atoms with Crippen molar-refractivity contribution in [3.8, 4) is 0 Å². The number of aliphatic imine (C=N–C) groups is 1. The van der Waals surface area contributed by atoms with Crippen LogP contribution in [0.25, 0.3) is 0 Å². The van der Waals surface area contributed by atoms with Gasteiger partial charge < -0.3 is 24.7 Å². The molecular weight excluding hydrogens is 366 g/mol. The van der Waals surface area contributed by atoms with Gasteiger partial charge >= 0.3 is 0 Å². The van der Waals surface area contributed by atoms with Gasteiger partial charge in [-0.05, 0) is 37.1 Å². The van der Waals surface area contributed by atoms with E-state index < -0.39 is 11.6 Å². The fourth-order valence-corrected chi connectivity index (χ4v) is 3.17. The van der Waals surface area contributed by atoms with Crippen molar-refractivity contribution in [1.29, 1.82) is 0 Å². The summed E-state index contributed by atoms with van der Waals surface area (Å²) in [6.45, 7) is 3.15. The van der Waals surface area contributed by atoms with E-state index in [0.717, 1.165) is 31.2 Å². The zero-order chi connectivity index (χ0) is 19.8. The van der Waals surface area contributed by atoms with Crippen LogP contribution in [0, 0.1) is 11.6 Å². The molecule has 1 atom stereocenters. The molecule has 1 unspecified atom stereocenters. The molecule has 8 heteroatoms. The molecule has 1 aromatic heterocycles. The van der Waals surface area contributed by atoms with Crippen molar-refractivity contribution < 1.29 is 17.9 Å². The van der Waals surface area contributed by atoms with Crippen LogP contribution in [0.4, 0.5) is 14.5 Å². The van der Waals surface area contributed by atoms with Crippen molar-refractivity contribution in [2.75, 3.05) is 38.2 Å². The lowest BCUT2D eigenvalue weighted by molar-refractivity contribution is 0.105. The highest BCUT2D eigenvalue weighted by Gasteiger charge is 2.25. The summed E-state index contributed by atoms with van der Waals surface area (Å²) in [6, 6.07) is 7.56. The Balaban J connectivity index is 1.35. The largest absolute Gasteiger partial charge is 0.467 e. The topological polar surface area (TPSA) is 62.0 Å². The number of nitrogens with one attached hydrogen (secondary N) is 2. The van der Waals surface area contributed by atoms with Gasteiger partial charge in [-0.25, -0.2) is 8.78 Å². The number of hydrogen-bond donors (Lipinski definition) is 2. The number of furan rings is 1. The number of hydrogen-bond acceptors (Lipinski definition) is 4. The van der Waals surface area contributed by atoms with E-state index in [9.17, 15) is 8.78 Å². The van der Waals surface area contributed by atoms with E-state index in [1.54, 1.807) is 13.3 Å². The van der Waals surface area contributed by atoms with Crippen molar-refractivity contribution in [3.63, 3.8) is 0 Å². The quantitative estimate of drug-likeness (QED) is 0.411. The second-order valence-corrected chi connectivity index (χ2v) is 6.66. The van der Waals surface area contributed by atoms with Gasteiger partial charge in [0.2, 0.25) is 0 Å². The minimum Gasteiger partial charge on any atom is -0.467 e. The molecule has 0 bridgehead atoms. The smallest absolute Gasteiger partial charge is 0.191 e. The molecule has 0 saturated carbocycles. The maximum Gasteiger partial charge on any atom is 0.191 e. The number of halogens is 2. The SMILES string of the molecule is CN=C(NCCCOCc1ccco1)NC1CCN(c2ccc(F)cc2F)C1. The van der Waals surface area contributed by atoms with Crippen LogP contribution >= 0.6 is 0 Å². The van der Waals surface area contributed by atoms with E-state index in [1.165, 1.54) is 12.1 Å². The molecule has 0 radical (unpaired) electrons. The van der Waals surface area contributed by atoms with Gasteiger partial charge in [0.05, 0.1) is 12.0 Å². The normalized spacial score (nSPS) is 17.2. The second kappa shape index (κ2) is 10.1. The molecule has 152 valence electrons. The first-order chi connectivity index (χ1) is 13.7. The number of nitrogens with zero attached hydrogens (tertiary/aromatic N) is 2. The summed E-state index contributed by atoms with van der Waals surface area (Å²) in [4.78, 5) is 6.15. The first kappa shape index (κ1) is 20.1. The Hall–Kier alpha value is -2.61. The molecule has 28 heavy (non-hydrogen) atoms. The van der Waals surface area contributed by atoms with Gasteiger partial charge in [-0.1, -0.05) is 0 Å². The lowest BCUT2D eigenvalue weighted by Crippen LogP contribution is -2.45. The molecule has 3 rings (SSSR count). The maximum atomic E-state index is 14.0. The van der Waals surface area contributed by atoms with Crippen molar-refractivity contribution in [2.24, 2.45) is 4.99 Å². The molecule has 1 fully saturated rings. The average Bonchev–Trinajstić information content (AvgIpc) is 3.35.